The van der Waals surface area contributed by atoms with Crippen molar-refractivity contribution in [2.24, 2.45) is 5.73 Å². The molecule has 0 saturated heterocycles. The van der Waals surface area contributed by atoms with Gasteiger partial charge in [-0.25, -0.2) is 0 Å². The third kappa shape index (κ3) is 2.86. The van der Waals surface area contributed by atoms with Crippen LogP contribution in [0.4, 0.5) is 0 Å². The highest BCUT2D eigenvalue weighted by Gasteiger charge is 2.23. The highest BCUT2D eigenvalue weighted by atomic mass is 16.1. The standard InChI is InChI=1S/C14H20N2O/c1-10-6-7-13(16-9-8-14(15)17)12-5-3-2-4-11(10)12/h2-5,10,13,16H,6-9H2,1H3,(H2,15,17). The molecular formula is C14H20N2O. The maximum Gasteiger partial charge on any atom is 0.218 e. The van der Waals surface area contributed by atoms with Gasteiger partial charge < -0.3 is 11.1 Å². The van der Waals surface area contributed by atoms with Crippen molar-refractivity contribution in [2.45, 2.75) is 38.1 Å². The second kappa shape index (κ2) is 5.32. The maximum atomic E-state index is 10.7. The van der Waals surface area contributed by atoms with Gasteiger partial charge in [0.05, 0.1) is 0 Å². The van der Waals surface area contributed by atoms with Gasteiger partial charge >= 0.3 is 0 Å². The topological polar surface area (TPSA) is 55.1 Å². The molecule has 92 valence electrons. The number of hydrogen-bond acceptors (Lipinski definition) is 2. The highest BCUT2D eigenvalue weighted by Crippen LogP contribution is 2.36. The fraction of sp³-hybridized carbons (Fsp3) is 0.500. The van der Waals surface area contributed by atoms with Gasteiger partial charge in [-0.3, -0.25) is 4.79 Å². The Morgan fingerprint density at radius 1 is 1.35 bits per heavy atom. The molecule has 0 radical (unpaired) electrons. The molecular weight excluding hydrogens is 212 g/mol. The van der Waals surface area contributed by atoms with Gasteiger partial charge in [0.2, 0.25) is 5.91 Å². The monoisotopic (exact) mass is 232 g/mol. The van der Waals surface area contributed by atoms with Gasteiger partial charge in [-0.15, -0.1) is 0 Å². The van der Waals surface area contributed by atoms with Crippen LogP contribution in [0.2, 0.25) is 0 Å². The molecule has 1 aromatic rings. The van der Waals surface area contributed by atoms with E-state index in [1.807, 2.05) is 0 Å². The molecule has 17 heavy (non-hydrogen) atoms. The third-order valence-corrected chi connectivity index (χ3v) is 3.55. The summed E-state index contributed by atoms with van der Waals surface area (Å²) < 4.78 is 0. The van der Waals surface area contributed by atoms with Crippen molar-refractivity contribution in [3.05, 3.63) is 35.4 Å². The second-order valence-electron chi connectivity index (χ2n) is 4.83. The van der Waals surface area contributed by atoms with E-state index in [0.29, 0.717) is 24.9 Å². The van der Waals surface area contributed by atoms with Crippen LogP contribution in [0.3, 0.4) is 0 Å². The first-order chi connectivity index (χ1) is 8.18. The van der Waals surface area contributed by atoms with Crippen LogP contribution < -0.4 is 11.1 Å². The molecule has 0 heterocycles. The number of amides is 1. The van der Waals surface area contributed by atoms with Crippen LogP contribution in [0.5, 0.6) is 0 Å². The Morgan fingerprint density at radius 3 is 2.76 bits per heavy atom. The highest BCUT2D eigenvalue weighted by molar-refractivity contribution is 5.73. The molecule has 1 aliphatic carbocycles. The van der Waals surface area contributed by atoms with Crippen LogP contribution in [0.1, 0.15) is 49.3 Å². The van der Waals surface area contributed by atoms with Crippen molar-refractivity contribution in [3.8, 4) is 0 Å². The Morgan fingerprint density at radius 2 is 2.06 bits per heavy atom. The molecule has 0 saturated carbocycles. The molecule has 0 fully saturated rings. The number of nitrogens with two attached hydrogens (primary N) is 1. The minimum Gasteiger partial charge on any atom is -0.370 e. The predicted molar refractivity (Wildman–Crippen MR) is 68.6 cm³/mol. The van der Waals surface area contributed by atoms with Crippen molar-refractivity contribution in [3.63, 3.8) is 0 Å². The van der Waals surface area contributed by atoms with E-state index < -0.39 is 0 Å². The Labute approximate surface area is 102 Å². The molecule has 1 aromatic carbocycles. The zero-order valence-corrected chi connectivity index (χ0v) is 10.3. The zero-order chi connectivity index (χ0) is 12.3. The predicted octanol–water partition coefficient (Wildman–Crippen LogP) is 2.09. The Bertz CT molecular complexity index is 403. The molecule has 3 N–H and O–H groups in total. The molecule has 0 bridgehead atoms. The van der Waals surface area contributed by atoms with Crippen LogP contribution in [-0.2, 0) is 4.79 Å². The van der Waals surface area contributed by atoms with E-state index in [9.17, 15) is 4.79 Å². The van der Waals surface area contributed by atoms with E-state index in [1.54, 1.807) is 0 Å². The average molecular weight is 232 g/mol. The second-order valence-corrected chi connectivity index (χ2v) is 4.83. The largest absolute Gasteiger partial charge is 0.370 e. The number of carbonyl (C=O) groups excluding carboxylic acids is 1. The lowest BCUT2D eigenvalue weighted by atomic mass is 9.81. The van der Waals surface area contributed by atoms with E-state index in [-0.39, 0.29) is 5.91 Å². The van der Waals surface area contributed by atoms with Crippen molar-refractivity contribution in [1.29, 1.82) is 0 Å². The summed E-state index contributed by atoms with van der Waals surface area (Å²) in [5.74, 6) is 0.398. The molecule has 3 nitrogen and oxygen atoms in total. The summed E-state index contributed by atoms with van der Waals surface area (Å²) in [4.78, 5) is 10.7. The van der Waals surface area contributed by atoms with Crippen molar-refractivity contribution >= 4 is 5.91 Å². The summed E-state index contributed by atoms with van der Waals surface area (Å²) in [6.45, 7) is 2.95. The van der Waals surface area contributed by atoms with E-state index in [1.165, 1.54) is 17.5 Å². The molecule has 0 aromatic heterocycles. The number of fused-ring (bicyclic) bond motifs is 1. The Hall–Kier alpha value is -1.35. The SMILES string of the molecule is CC1CCC(NCCC(N)=O)c2ccccc21. The molecule has 0 aliphatic heterocycles. The third-order valence-electron chi connectivity index (χ3n) is 3.55. The van der Waals surface area contributed by atoms with Gasteiger partial charge in [0.25, 0.3) is 0 Å². The van der Waals surface area contributed by atoms with Crippen LogP contribution in [-0.4, -0.2) is 12.5 Å². The van der Waals surface area contributed by atoms with Crippen LogP contribution >= 0.6 is 0 Å². The minimum atomic E-state index is -0.241. The summed E-state index contributed by atoms with van der Waals surface area (Å²) in [7, 11) is 0. The number of nitrogens with one attached hydrogen (secondary N) is 1. The van der Waals surface area contributed by atoms with Crippen LogP contribution in [0.15, 0.2) is 24.3 Å². The first kappa shape index (κ1) is 12.1. The van der Waals surface area contributed by atoms with E-state index >= 15 is 0 Å². The minimum absolute atomic E-state index is 0.241. The molecule has 2 unspecified atom stereocenters. The first-order valence-corrected chi connectivity index (χ1v) is 6.29. The lowest BCUT2D eigenvalue weighted by Crippen LogP contribution is -2.29. The number of carbonyl (C=O) groups is 1. The zero-order valence-electron chi connectivity index (χ0n) is 10.3. The molecule has 0 spiro atoms. The fourth-order valence-electron chi connectivity index (χ4n) is 2.59. The Balaban J connectivity index is 2.05. The van der Waals surface area contributed by atoms with Crippen LogP contribution in [0.25, 0.3) is 0 Å². The van der Waals surface area contributed by atoms with Crippen molar-refractivity contribution in [2.75, 3.05) is 6.54 Å². The summed E-state index contributed by atoms with van der Waals surface area (Å²) in [5.41, 5.74) is 7.97. The summed E-state index contributed by atoms with van der Waals surface area (Å²) in [6.07, 6.45) is 2.75. The van der Waals surface area contributed by atoms with Gasteiger partial charge in [0.15, 0.2) is 0 Å². The maximum absolute atomic E-state index is 10.7. The smallest absolute Gasteiger partial charge is 0.218 e. The summed E-state index contributed by atoms with van der Waals surface area (Å²) in [6, 6.07) is 8.96. The molecule has 1 aliphatic rings. The Kier molecular flexibility index (Phi) is 3.79. The number of hydrogen-bond donors (Lipinski definition) is 2. The molecule has 2 atom stereocenters. The number of rotatable bonds is 4. The fourth-order valence-corrected chi connectivity index (χ4v) is 2.59. The van der Waals surface area contributed by atoms with Crippen molar-refractivity contribution in [1.82, 2.24) is 5.32 Å². The number of benzene rings is 1. The van der Waals surface area contributed by atoms with Gasteiger partial charge in [-0.1, -0.05) is 31.2 Å². The van der Waals surface area contributed by atoms with Gasteiger partial charge in [0, 0.05) is 19.0 Å². The van der Waals surface area contributed by atoms with E-state index in [2.05, 4.69) is 36.5 Å². The quantitative estimate of drug-likeness (QED) is 0.835. The van der Waals surface area contributed by atoms with E-state index in [0.717, 1.165) is 6.42 Å². The lowest BCUT2D eigenvalue weighted by molar-refractivity contribution is -0.117. The summed E-state index contributed by atoms with van der Waals surface area (Å²) >= 11 is 0. The van der Waals surface area contributed by atoms with Gasteiger partial charge in [-0.05, 0) is 29.9 Å². The normalized spacial score (nSPS) is 23.1. The van der Waals surface area contributed by atoms with E-state index in [4.69, 9.17) is 5.73 Å². The van der Waals surface area contributed by atoms with Crippen LogP contribution in [0, 0.1) is 0 Å². The molecule has 2 rings (SSSR count). The molecule has 1 amide bonds. The van der Waals surface area contributed by atoms with Gasteiger partial charge in [-0.2, -0.15) is 0 Å². The summed E-state index contributed by atoms with van der Waals surface area (Å²) in [5, 5.41) is 3.43. The van der Waals surface area contributed by atoms with Gasteiger partial charge in [0.1, 0.15) is 0 Å². The number of primary amides is 1. The average Bonchev–Trinajstić information content (AvgIpc) is 2.32. The first-order valence-electron chi connectivity index (χ1n) is 6.29. The molecule has 3 heteroatoms. The van der Waals surface area contributed by atoms with Crippen molar-refractivity contribution < 1.29 is 4.79 Å². The lowest BCUT2D eigenvalue weighted by Gasteiger charge is -2.30.